The van der Waals surface area contributed by atoms with Crippen LogP contribution >= 0.6 is 0 Å². The quantitative estimate of drug-likeness (QED) is 0.543. The third-order valence-corrected chi connectivity index (χ3v) is 6.10. The lowest BCUT2D eigenvalue weighted by Crippen LogP contribution is -2.35. The lowest BCUT2D eigenvalue weighted by Gasteiger charge is -2.14. The summed E-state index contributed by atoms with van der Waals surface area (Å²) in [5.41, 5.74) is 3.73. The normalized spacial score (nSPS) is 12.6. The Morgan fingerprint density at radius 2 is 1.82 bits per heavy atom. The van der Waals surface area contributed by atoms with Gasteiger partial charge in [-0.2, -0.15) is 0 Å². The lowest BCUT2D eigenvalue weighted by molar-refractivity contribution is -0.123. The lowest BCUT2D eigenvalue weighted by atomic mass is 10.1. The molecule has 0 saturated heterocycles. The first-order valence-corrected chi connectivity index (χ1v) is 10.9. The van der Waals surface area contributed by atoms with Crippen molar-refractivity contribution >= 4 is 32.5 Å². The third-order valence-electron chi connectivity index (χ3n) is 4.61. The van der Waals surface area contributed by atoms with Gasteiger partial charge in [-0.25, -0.2) is 8.42 Å². The summed E-state index contributed by atoms with van der Waals surface area (Å²) in [6, 6.07) is 15.1. The Kier molecular flexibility index (Phi) is 6.04. The minimum Gasteiger partial charge on any atom is -0.361 e. The number of fused-ring (bicyclic) bond motifs is 1. The van der Waals surface area contributed by atoms with Gasteiger partial charge in [0.05, 0.1) is 11.7 Å². The molecule has 1 unspecified atom stereocenters. The monoisotopic (exact) mass is 399 g/mol. The summed E-state index contributed by atoms with van der Waals surface area (Å²) < 4.78 is 27.1. The predicted octanol–water partition coefficient (Wildman–Crippen LogP) is 3.21. The number of nitrogens with one attached hydrogen (secondary N) is 3. The highest BCUT2D eigenvalue weighted by Crippen LogP contribution is 2.18. The van der Waals surface area contributed by atoms with Crippen molar-refractivity contribution in [2.24, 2.45) is 5.92 Å². The molecule has 0 saturated carbocycles. The number of benzene rings is 2. The van der Waals surface area contributed by atoms with Crippen molar-refractivity contribution in [2.45, 2.75) is 20.3 Å². The number of hydrogen-bond acceptors (Lipinski definition) is 3. The molecule has 0 spiro atoms. The first kappa shape index (κ1) is 19.9. The van der Waals surface area contributed by atoms with E-state index < -0.39 is 15.9 Å². The summed E-state index contributed by atoms with van der Waals surface area (Å²) in [6.07, 6.45) is 2.62. The molecular weight excluding hydrogens is 374 g/mol. The Morgan fingerprint density at radius 1 is 1.11 bits per heavy atom. The van der Waals surface area contributed by atoms with Crippen molar-refractivity contribution in [3.8, 4) is 0 Å². The van der Waals surface area contributed by atoms with Crippen LogP contribution in [0, 0.1) is 12.8 Å². The molecule has 0 bridgehead atoms. The van der Waals surface area contributed by atoms with Crippen LogP contribution in [0.1, 0.15) is 18.1 Å². The highest BCUT2D eigenvalue weighted by molar-refractivity contribution is 7.92. The van der Waals surface area contributed by atoms with Gasteiger partial charge in [0.25, 0.3) is 0 Å². The fourth-order valence-corrected chi connectivity index (χ4v) is 4.47. The van der Waals surface area contributed by atoms with Crippen LogP contribution in [0.4, 0.5) is 5.69 Å². The van der Waals surface area contributed by atoms with Crippen molar-refractivity contribution in [3.05, 3.63) is 65.9 Å². The molecular formula is C21H25N3O3S. The number of sulfonamides is 1. The zero-order chi connectivity index (χ0) is 20.1. The molecule has 2 aromatic carbocycles. The van der Waals surface area contributed by atoms with E-state index in [2.05, 4.69) is 15.0 Å². The maximum Gasteiger partial charge on any atom is 0.233 e. The molecule has 1 heterocycles. The van der Waals surface area contributed by atoms with Crippen LogP contribution < -0.4 is 10.0 Å². The van der Waals surface area contributed by atoms with Gasteiger partial charge in [-0.3, -0.25) is 9.52 Å². The van der Waals surface area contributed by atoms with Crippen molar-refractivity contribution in [3.63, 3.8) is 0 Å². The van der Waals surface area contributed by atoms with Gasteiger partial charge in [-0.15, -0.1) is 0 Å². The molecule has 0 fully saturated rings. The van der Waals surface area contributed by atoms with E-state index in [9.17, 15) is 13.2 Å². The van der Waals surface area contributed by atoms with E-state index in [0.29, 0.717) is 18.7 Å². The Labute approximate surface area is 165 Å². The molecule has 0 aliphatic rings. The fourth-order valence-electron chi connectivity index (χ4n) is 3.08. The van der Waals surface area contributed by atoms with Crippen LogP contribution in [0.2, 0.25) is 0 Å². The number of para-hydroxylation sites is 1. The number of carbonyl (C=O) groups excluding carboxylic acids is 1. The van der Waals surface area contributed by atoms with Gasteiger partial charge in [0.1, 0.15) is 0 Å². The molecule has 3 N–H and O–H groups in total. The van der Waals surface area contributed by atoms with Gasteiger partial charge < -0.3 is 10.3 Å². The van der Waals surface area contributed by atoms with Gasteiger partial charge in [0.15, 0.2) is 0 Å². The second-order valence-electron chi connectivity index (χ2n) is 7.05. The smallest absolute Gasteiger partial charge is 0.233 e. The number of anilines is 1. The number of aromatic nitrogens is 1. The van der Waals surface area contributed by atoms with E-state index in [1.165, 1.54) is 0 Å². The van der Waals surface area contributed by atoms with Crippen LogP contribution in [0.25, 0.3) is 10.9 Å². The minimum absolute atomic E-state index is 0.264. The van der Waals surface area contributed by atoms with Crippen LogP contribution in [0.5, 0.6) is 0 Å². The summed E-state index contributed by atoms with van der Waals surface area (Å²) in [7, 11) is -3.60. The second-order valence-corrected chi connectivity index (χ2v) is 8.82. The number of carbonyl (C=O) groups is 1. The molecule has 148 valence electrons. The Hall–Kier alpha value is -2.80. The molecule has 1 amide bonds. The topological polar surface area (TPSA) is 91.1 Å². The standard InChI is InChI=1S/C21H25N3O3S/c1-15-7-9-18(10-8-15)24-28(26,27)14-16(2)21(25)22-12-11-17-13-23-20-6-4-3-5-19(17)20/h3-10,13,16,23-24H,11-12,14H2,1-2H3,(H,22,25). The second kappa shape index (κ2) is 8.48. The van der Waals surface area contributed by atoms with E-state index in [1.807, 2.05) is 49.5 Å². The molecule has 7 heteroatoms. The summed E-state index contributed by atoms with van der Waals surface area (Å²) >= 11 is 0. The van der Waals surface area contributed by atoms with Gasteiger partial charge in [0, 0.05) is 29.3 Å². The molecule has 3 rings (SSSR count). The zero-order valence-corrected chi connectivity index (χ0v) is 16.8. The fraction of sp³-hybridized carbons (Fsp3) is 0.286. The Bertz CT molecular complexity index is 1060. The molecule has 0 radical (unpaired) electrons. The maximum absolute atomic E-state index is 12.3. The first-order chi connectivity index (χ1) is 13.3. The van der Waals surface area contributed by atoms with Crippen LogP contribution in [-0.4, -0.2) is 31.6 Å². The average molecular weight is 400 g/mol. The summed E-state index contributed by atoms with van der Waals surface area (Å²) in [6.45, 7) is 4.01. The zero-order valence-electron chi connectivity index (χ0n) is 16.0. The Balaban J connectivity index is 1.50. The molecule has 1 aromatic heterocycles. The summed E-state index contributed by atoms with van der Waals surface area (Å²) in [4.78, 5) is 15.5. The van der Waals surface area contributed by atoms with Gasteiger partial charge in [-0.1, -0.05) is 42.8 Å². The number of H-pyrrole nitrogens is 1. The van der Waals surface area contributed by atoms with Crippen LogP contribution in [-0.2, 0) is 21.2 Å². The molecule has 0 aliphatic heterocycles. The van der Waals surface area contributed by atoms with Gasteiger partial charge in [0.2, 0.25) is 15.9 Å². The molecule has 3 aromatic rings. The van der Waals surface area contributed by atoms with Gasteiger partial charge >= 0.3 is 0 Å². The van der Waals surface area contributed by atoms with E-state index in [0.717, 1.165) is 22.0 Å². The minimum atomic E-state index is -3.60. The number of hydrogen-bond donors (Lipinski definition) is 3. The third kappa shape index (κ3) is 5.13. The van der Waals surface area contributed by atoms with Gasteiger partial charge in [-0.05, 0) is 37.1 Å². The average Bonchev–Trinajstić information content (AvgIpc) is 3.06. The molecule has 1 atom stereocenters. The molecule has 0 aliphatic carbocycles. The first-order valence-electron chi connectivity index (χ1n) is 9.24. The number of amides is 1. The predicted molar refractivity (Wildman–Crippen MR) is 113 cm³/mol. The summed E-state index contributed by atoms with van der Waals surface area (Å²) in [5.74, 6) is -1.18. The molecule has 6 nitrogen and oxygen atoms in total. The van der Waals surface area contributed by atoms with E-state index in [1.54, 1.807) is 19.1 Å². The van der Waals surface area contributed by atoms with E-state index in [-0.39, 0.29) is 11.7 Å². The maximum atomic E-state index is 12.3. The highest BCUT2D eigenvalue weighted by Gasteiger charge is 2.21. The summed E-state index contributed by atoms with van der Waals surface area (Å²) in [5, 5.41) is 3.97. The van der Waals surface area contributed by atoms with Crippen molar-refractivity contribution in [1.82, 2.24) is 10.3 Å². The largest absolute Gasteiger partial charge is 0.361 e. The van der Waals surface area contributed by atoms with E-state index >= 15 is 0 Å². The van der Waals surface area contributed by atoms with Crippen molar-refractivity contribution < 1.29 is 13.2 Å². The molecule has 28 heavy (non-hydrogen) atoms. The number of rotatable bonds is 8. The van der Waals surface area contributed by atoms with E-state index in [4.69, 9.17) is 0 Å². The highest BCUT2D eigenvalue weighted by atomic mass is 32.2. The number of aromatic amines is 1. The Morgan fingerprint density at radius 3 is 2.57 bits per heavy atom. The van der Waals surface area contributed by atoms with Crippen molar-refractivity contribution in [1.29, 1.82) is 0 Å². The SMILES string of the molecule is Cc1ccc(NS(=O)(=O)CC(C)C(=O)NCCc2c[nH]c3ccccc23)cc1. The number of aryl methyl sites for hydroxylation is 1. The van der Waals surface area contributed by atoms with Crippen LogP contribution in [0.15, 0.2) is 54.7 Å². The van der Waals surface area contributed by atoms with Crippen LogP contribution in [0.3, 0.4) is 0 Å². The van der Waals surface area contributed by atoms with Crippen molar-refractivity contribution in [2.75, 3.05) is 17.0 Å².